The molecule has 100 heavy (non-hydrogen) atoms. The molecule has 3 aromatic heterocycles. The van der Waals surface area contributed by atoms with E-state index in [-0.39, 0.29) is 31.2 Å². The molecule has 15 rings (SSSR count). The lowest BCUT2D eigenvalue weighted by Gasteiger charge is -2.15. The van der Waals surface area contributed by atoms with Crippen molar-refractivity contribution in [3.8, 4) is 113 Å². The third-order valence-corrected chi connectivity index (χ3v) is 17.0. The van der Waals surface area contributed by atoms with Crippen molar-refractivity contribution in [3.63, 3.8) is 0 Å². The highest BCUT2D eigenvalue weighted by Gasteiger charge is 2.26. The van der Waals surface area contributed by atoms with E-state index in [9.17, 15) is 10.1 Å². The molecule has 0 radical (unpaired) electrons. The number of aromatic amines is 2. The van der Waals surface area contributed by atoms with E-state index in [1.807, 2.05) is 103 Å². The van der Waals surface area contributed by atoms with Crippen LogP contribution in [0.3, 0.4) is 0 Å². The van der Waals surface area contributed by atoms with Gasteiger partial charge >= 0.3 is 0 Å². The molecular weight excluding hydrogens is 1290 g/mol. The maximum Gasteiger partial charge on any atom is 0.270 e. The molecule has 8 bridgehead atoms. The molecule has 0 aliphatic carbocycles. The lowest BCUT2D eigenvalue weighted by atomic mass is 9.99. The zero-order valence-corrected chi connectivity index (χ0v) is 54.7. The maximum absolute atomic E-state index is 12.5. The van der Waals surface area contributed by atoms with Crippen LogP contribution in [0, 0.1) is 10.1 Å². The second kappa shape index (κ2) is 31.3. The van der Waals surface area contributed by atoms with E-state index >= 15 is 0 Å². The number of fused-ring (bicyclic) bond motifs is 23. The number of nitrogens with one attached hydrogen (secondary N) is 2. The van der Waals surface area contributed by atoms with Crippen molar-refractivity contribution >= 4 is 49.8 Å². The Morgan fingerprint density at radius 3 is 0.890 bits per heavy atom. The minimum absolute atomic E-state index is 0.139. The summed E-state index contributed by atoms with van der Waals surface area (Å²) in [4.78, 5) is 51.0. The fourth-order valence-corrected chi connectivity index (χ4v) is 12.1. The average molecular weight is 1360 g/mol. The van der Waals surface area contributed by atoms with Crippen molar-refractivity contribution < 1.29 is 76.0 Å². The number of ether oxygens (including phenoxy) is 15. The highest BCUT2D eigenvalue weighted by atomic mass is 16.6. The van der Waals surface area contributed by atoms with Gasteiger partial charge < -0.3 is 81.0 Å². The minimum atomic E-state index is -0.439. The summed E-state index contributed by atoms with van der Waals surface area (Å²) in [5, 5.41) is 15.0. The zero-order valence-electron chi connectivity index (χ0n) is 54.7. The molecule has 8 heterocycles. The molecule has 26 nitrogen and oxygen atoms in total. The van der Waals surface area contributed by atoms with E-state index in [2.05, 4.69) is 16.0 Å². The number of rotatable bonds is 4. The van der Waals surface area contributed by atoms with Crippen LogP contribution in [0.4, 0.5) is 5.69 Å². The molecule has 10 aromatic rings. The van der Waals surface area contributed by atoms with Crippen LogP contribution in [0.15, 0.2) is 127 Å². The predicted octanol–water partition coefficient (Wildman–Crippen LogP) is 11.2. The fourth-order valence-electron chi connectivity index (χ4n) is 12.1. The standard InChI is InChI=1S/C74H71N9O17/c84-83(85)52-7-11-56-60(45-52)74-81-69-55-10-3-48(51-6-14-63-66(44-51)100-38-32-94-26-20-88-17-23-91-29-35-97-63)41-59(55)72(79-69)77-67-53-8-1-46(49-4-12-61-64(42-49)98-36-30-92-24-18-86-15-21-89-27-33-95-61)39-57(53)71(75-67)76-68-54-9-2-47(40-58(54)73(78-68)80-70(56)82-74)50-5-13-62-65(43-50)99-37-31-93-25-19-87-16-22-90-28-34-96-62/h1-14,39-45H,15-38H2,(H2,75,76,77,78,79,80,81,82). The molecule has 0 spiro atoms. The van der Waals surface area contributed by atoms with Gasteiger partial charge in [0.2, 0.25) is 0 Å². The lowest BCUT2D eigenvalue weighted by molar-refractivity contribution is -0.384. The highest BCUT2D eigenvalue weighted by molar-refractivity contribution is 6.08. The number of aromatic nitrogens is 8. The third kappa shape index (κ3) is 15.2. The van der Waals surface area contributed by atoms with E-state index in [0.717, 1.165) is 44.2 Å². The molecule has 0 fully saturated rings. The Bertz CT molecular complexity index is 4710. The first-order chi connectivity index (χ1) is 49.4. The summed E-state index contributed by atoms with van der Waals surface area (Å²) in [6, 6.07) is 40.0. The summed E-state index contributed by atoms with van der Waals surface area (Å²) in [6.07, 6.45) is 0. The molecular formula is C74H71N9O17. The summed E-state index contributed by atoms with van der Waals surface area (Å²) < 4.78 is 89.2. The van der Waals surface area contributed by atoms with Gasteiger partial charge in [0.1, 0.15) is 62.2 Å². The molecule has 7 aromatic carbocycles. The van der Waals surface area contributed by atoms with Crippen molar-refractivity contribution in [3.05, 3.63) is 138 Å². The summed E-state index contributed by atoms with van der Waals surface area (Å²) >= 11 is 0. The van der Waals surface area contributed by atoms with Gasteiger partial charge in [0.25, 0.3) is 5.69 Å². The highest BCUT2D eigenvalue weighted by Crippen LogP contribution is 2.44. The number of hydrogen-bond donors (Lipinski definition) is 2. The molecule has 0 atom stereocenters. The molecule has 2 N–H and O–H groups in total. The first-order valence-corrected chi connectivity index (χ1v) is 33.3. The zero-order chi connectivity index (χ0) is 67.4. The second-order valence-electron chi connectivity index (χ2n) is 23.5. The Hall–Kier alpha value is -10.3. The van der Waals surface area contributed by atoms with Gasteiger partial charge in [0, 0.05) is 55.9 Å². The molecule has 0 unspecified atom stereocenters. The van der Waals surface area contributed by atoms with Crippen molar-refractivity contribution in [2.24, 2.45) is 0 Å². The van der Waals surface area contributed by atoms with Gasteiger partial charge in [-0.15, -0.1) is 0 Å². The third-order valence-electron chi connectivity index (χ3n) is 17.0. The Kier molecular flexibility index (Phi) is 20.6. The van der Waals surface area contributed by atoms with Crippen LogP contribution in [0.25, 0.3) is 123 Å². The molecule has 0 amide bonds. The molecule has 26 heteroatoms. The van der Waals surface area contributed by atoms with Gasteiger partial charge in [0.15, 0.2) is 57.8 Å². The van der Waals surface area contributed by atoms with Gasteiger partial charge in [0.05, 0.1) is 124 Å². The van der Waals surface area contributed by atoms with Crippen LogP contribution in [0.5, 0.6) is 34.5 Å². The first kappa shape index (κ1) is 65.7. The predicted molar refractivity (Wildman–Crippen MR) is 369 cm³/mol. The Morgan fingerprint density at radius 1 is 0.260 bits per heavy atom. The monoisotopic (exact) mass is 1360 g/mol. The molecule has 0 saturated carbocycles. The smallest absolute Gasteiger partial charge is 0.270 e. The molecule has 5 aliphatic rings. The molecule has 0 saturated heterocycles. The summed E-state index contributed by atoms with van der Waals surface area (Å²) in [6.45, 7) is 9.15. The topological polar surface area (TPSA) is 291 Å². The Balaban J connectivity index is 0.895. The number of H-pyrrole nitrogens is 2. The number of nitrogens with zero attached hydrogens (tertiary/aromatic N) is 7. The number of nitro groups is 1. The summed E-state index contributed by atoms with van der Waals surface area (Å²) in [5.74, 6) is 4.55. The van der Waals surface area contributed by atoms with E-state index in [0.29, 0.717) is 247 Å². The summed E-state index contributed by atoms with van der Waals surface area (Å²) in [5.41, 5.74) is 8.98. The van der Waals surface area contributed by atoms with Crippen molar-refractivity contribution in [1.29, 1.82) is 0 Å². The van der Waals surface area contributed by atoms with Crippen LogP contribution in [-0.2, 0) is 42.6 Å². The lowest BCUT2D eigenvalue weighted by Crippen LogP contribution is -2.13. The quantitative estimate of drug-likeness (QED) is 0.122. The van der Waals surface area contributed by atoms with Crippen LogP contribution in [0.2, 0.25) is 0 Å². The van der Waals surface area contributed by atoms with Gasteiger partial charge in [-0.05, 0) is 112 Å². The van der Waals surface area contributed by atoms with Crippen molar-refractivity contribution in [2.75, 3.05) is 159 Å². The largest absolute Gasteiger partial charge is 0.487 e. The van der Waals surface area contributed by atoms with Crippen LogP contribution in [0.1, 0.15) is 0 Å². The van der Waals surface area contributed by atoms with Gasteiger partial charge in [-0.1, -0.05) is 36.4 Å². The van der Waals surface area contributed by atoms with E-state index in [1.165, 1.54) is 12.1 Å². The number of non-ortho nitro benzene ring substituents is 1. The van der Waals surface area contributed by atoms with Crippen molar-refractivity contribution in [1.82, 2.24) is 39.9 Å². The van der Waals surface area contributed by atoms with Crippen LogP contribution in [-0.4, -0.2) is 203 Å². The van der Waals surface area contributed by atoms with Gasteiger partial charge in [-0.25, -0.2) is 29.9 Å². The molecule has 514 valence electrons. The van der Waals surface area contributed by atoms with E-state index < -0.39 is 4.92 Å². The fraction of sp³-hybridized carbons (Fsp3) is 0.324. The number of nitro benzene ring substituents is 1. The van der Waals surface area contributed by atoms with Crippen LogP contribution < -0.4 is 28.4 Å². The Morgan fingerprint density at radius 2 is 0.530 bits per heavy atom. The number of benzene rings is 7. The van der Waals surface area contributed by atoms with Crippen molar-refractivity contribution in [2.45, 2.75) is 0 Å². The van der Waals surface area contributed by atoms with Crippen LogP contribution >= 0.6 is 0 Å². The van der Waals surface area contributed by atoms with Gasteiger partial charge in [-0.3, -0.25) is 10.1 Å². The van der Waals surface area contributed by atoms with E-state index in [1.54, 1.807) is 6.07 Å². The van der Waals surface area contributed by atoms with Gasteiger partial charge in [-0.2, -0.15) is 0 Å². The minimum Gasteiger partial charge on any atom is -0.487 e. The second-order valence-corrected chi connectivity index (χ2v) is 23.5. The SMILES string of the molecule is O=[N+]([O-])c1ccc2c3nc4nc(nc5[nH]c(nc6nc(nc([nH]3)c2c1)-c1ccc(-c2ccc3c(c2)OCCOCCOCCOCCO3)cc1-6)c1ccc(-c2ccc3c(c2)OCCOCCOCCOCCO3)cc51)-c1ccc(-c2ccc3c(c2)OCCOCCOCCOCCO3)cc1-4. The maximum atomic E-state index is 12.5. The molecule has 5 aliphatic heterocycles. The summed E-state index contributed by atoms with van der Waals surface area (Å²) in [7, 11) is 0. The first-order valence-electron chi connectivity index (χ1n) is 33.3. The Labute approximate surface area is 572 Å². The average Bonchev–Trinajstić information content (AvgIpc) is 1.59. The van der Waals surface area contributed by atoms with E-state index in [4.69, 9.17) is 101 Å². The normalized spacial score (nSPS) is 16.6. The number of hydrogen-bond acceptors (Lipinski definition) is 23.